The van der Waals surface area contributed by atoms with Gasteiger partial charge in [-0.05, 0) is 61.0 Å². The van der Waals surface area contributed by atoms with E-state index < -0.39 is 17.4 Å². The number of hydrogen-bond donors (Lipinski definition) is 2. The number of anilines is 2. The topological polar surface area (TPSA) is 109 Å². The fourth-order valence-electron chi connectivity index (χ4n) is 4.40. The first-order chi connectivity index (χ1) is 17.7. The van der Waals surface area contributed by atoms with Crippen molar-refractivity contribution in [1.82, 2.24) is 15.1 Å². The van der Waals surface area contributed by atoms with Gasteiger partial charge in [-0.25, -0.2) is 4.39 Å². The minimum atomic E-state index is -1.36. The van der Waals surface area contributed by atoms with Gasteiger partial charge in [-0.1, -0.05) is 12.1 Å². The molecule has 1 aliphatic rings. The maximum atomic E-state index is 13.8. The van der Waals surface area contributed by atoms with E-state index >= 15 is 0 Å². The molecule has 3 amide bonds. The van der Waals surface area contributed by atoms with Crippen LogP contribution >= 0.6 is 0 Å². The molecule has 1 atom stereocenters. The van der Waals surface area contributed by atoms with Crippen molar-refractivity contribution in [2.24, 2.45) is 0 Å². The van der Waals surface area contributed by atoms with Gasteiger partial charge in [0.1, 0.15) is 22.7 Å². The molecule has 2 N–H and O–H groups in total. The number of nitrogens with zero attached hydrogens (tertiary/aromatic N) is 3. The minimum Gasteiger partial charge on any atom is -0.463 e. The van der Waals surface area contributed by atoms with Crippen LogP contribution in [0.5, 0.6) is 0 Å². The summed E-state index contributed by atoms with van der Waals surface area (Å²) in [4.78, 5) is 40.3. The zero-order valence-corrected chi connectivity index (χ0v) is 20.2. The molecule has 0 unspecified atom stereocenters. The smallest absolute Gasteiger partial charge is 0.277 e. The van der Waals surface area contributed by atoms with E-state index in [0.717, 1.165) is 0 Å². The second-order valence-electron chi connectivity index (χ2n) is 9.00. The van der Waals surface area contributed by atoms with Crippen molar-refractivity contribution >= 4 is 29.1 Å². The molecule has 0 aliphatic carbocycles. The van der Waals surface area contributed by atoms with Crippen molar-refractivity contribution < 1.29 is 23.2 Å². The van der Waals surface area contributed by atoms with Crippen molar-refractivity contribution in [3.8, 4) is 11.5 Å². The molecule has 3 heterocycles. The van der Waals surface area contributed by atoms with Gasteiger partial charge in [-0.15, -0.1) is 0 Å². The van der Waals surface area contributed by atoms with Crippen molar-refractivity contribution in [1.29, 1.82) is 0 Å². The number of furan rings is 1. The molecule has 0 saturated heterocycles. The van der Waals surface area contributed by atoms with Crippen molar-refractivity contribution in [2.75, 3.05) is 10.2 Å². The van der Waals surface area contributed by atoms with Gasteiger partial charge < -0.3 is 15.1 Å². The molecule has 0 bridgehead atoms. The van der Waals surface area contributed by atoms with Gasteiger partial charge >= 0.3 is 0 Å². The van der Waals surface area contributed by atoms with Gasteiger partial charge in [0.15, 0.2) is 5.76 Å². The molecular formula is C27H24FN5O4. The van der Waals surface area contributed by atoms with E-state index in [9.17, 15) is 18.8 Å². The fraction of sp³-hybridized carbons (Fsp3) is 0.185. The van der Waals surface area contributed by atoms with Crippen LogP contribution in [0.2, 0.25) is 0 Å². The zero-order chi connectivity index (χ0) is 26.2. The second-order valence-corrected chi connectivity index (χ2v) is 9.00. The van der Waals surface area contributed by atoms with Gasteiger partial charge in [-0.2, -0.15) is 5.10 Å². The van der Waals surface area contributed by atoms with Gasteiger partial charge in [0.05, 0.1) is 12.8 Å². The number of halogens is 1. The van der Waals surface area contributed by atoms with Gasteiger partial charge in [0, 0.05) is 30.9 Å². The first-order valence-corrected chi connectivity index (χ1v) is 11.6. The molecule has 5 rings (SSSR count). The third-order valence-electron chi connectivity index (χ3n) is 6.23. The number of aromatic nitrogens is 2. The Kier molecular flexibility index (Phi) is 6.08. The number of hydrogen-bond acceptors (Lipinski definition) is 5. The highest BCUT2D eigenvalue weighted by molar-refractivity contribution is 6.12. The largest absolute Gasteiger partial charge is 0.463 e. The lowest BCUT2D eigenvalue weighted by molar-refractivity contribution is -0.126. The van der Waals surface area contributed by atoms with Crippen LogP contribution < -0.4 is 15.5 Å². The Morgan fingerprint density at radius 2 is 1.84 bits per heavy atom. The number of carbonyl (C=O) groups is 3. The molecule has 0 saturated carbocycles. The lowest BCUT2D eigenvalue weighted by atomic mass is 9.93. The van der Waals surface area contributed by atoms with Crippen LogP contribution in [0, 0.1) is 5.82 Å². The normalized spacial score (nSPS) is 16.8. The molecule has 10 heteroatoms. The average Bonchev–Trinajstić information content (AvgIpc) is 3.54. The summed E-state index contributed by atoms with van der Waals surface area (Å²) >= 11 is 0. The Morgan fingerprint density at radius 3 is 2.49 bits per heavy atom. The van der Waals surface area contributed by atoms with Gasteiger partial charge in [0.25, 0.3) is 5.91 Å². The molecule has 2 aromatic carbocycles. The van der Waals surface area contributed by atoms with Crippen LogP contribution in [0.4, 0.5) is 15.8 Å². The predicted molar refractivity (Wildman–Crippen MR) is 134 cm³/mol. The van der Waals surface area contributed by atoms with E-state index in [1.807, 2.05) is 0 Å². The van der Waals surface area contributed by atoms with E-state index in [1.165, 1.54) is 34.9 Å². The van der Waals surface area contributed by atoms with Crippen LogP contribution in [0.1, 0.15) is 29.9 Å². The van der Waals surface area contributed by atoms with Crippen molar-refractivity contribution in [3.05, 3.63) is 90.1 Å². The molecule has 37 heavy (non-hydrogen) atoms. The zero-order valence-electron chi connectivity index (χ0n) is 20.2. The number of carbonyl (C=O) groups excluding carboxylic acids is 3. The highest BCUT2D eigenvalue weighted by Gasteiger charge is 2.49. The first-order valence-electron chi connectivity index (χ1n) is 11.6. The molecule has 0 radical (unpaired) electrons. The third kappa shape index (κ3) is 4.61. The maximum Gasteiger partial charge on any atom is 0.277 e. The summed E-state index contributed by atoms with van der Waals surface area (Å²) in [5, 5.41) is 10.1. The summed E-state index contributed by atoms with van der Waals surface area (Å²) < 4.78 is 20.2. The number of fused-ring (bicyclic) bond motifs is 1. The molecule has 0 spiro atoms. The summed E-state index contributed by atoms with van der Waals surface area (Å²) in [5.41, 5.74) is 1.18. The standard InChI is InChI=1S/C27H24FN5O4/c1-17(34)30-20-9-11-21(12-10-20)33-25(35)23-14-22(24-4-3-13-37-24)31-32(23)16-27(33,2)26(36)29-15-18-5-7-19(28)8-6-18/h3-14H,15-16H2,1-2H3,(H,29,36)(H,30,34)/t27-/m1/s1. The minimum absolute atomic E-state index is 0.0808. The summed E-state index contributed by atoms with van der Waals surface area (Å²) in [6.07, 6.45) is 1.52. The predicted octanol–water partition coefficient (Wildman–Crippen LogP) is 3.98. The van der Waals surface area contributed by atoms with Crippen LogP contribution in [0.3, 0.4) is 0 Å². The Hall–Kier alpha value is -4.73. The van der Waals surface area contributed by atoms with Crippen LogP contribution in [0.25, 0.3) is 11.5 Å². The monoisotopic (exact) mass is 501 g/mol. The molecule has 0 fully saturated rings. The van der Waals surface area contributed by atoms with E-state index in [4.69, 9.17) is 4.42 Å². The number of rotatable bonds is 6. The van der Waals surface area contributed by atoms with E-state index in [2.05, 4.69) is 15.7 Å². The summed E-state index contributed by atoms with van der Waals surface area (Å²) in [5.74, 6) is -0.906. The summed E-state index contributed by atoms with van der Waals surface area (Å²) in [6, 6.07) is 17.6. The number of benzene rings is 2. The van der Waals surface area contributed by atoms with E-state index in [-0.39, 0.29) is 24.8 Å². The van der Waals surface area contributed by atoms with Crippen molar-refractivity contribution in [2.45, 2.75) is 32.5 Å². The fourth-order valence-corrected chi connectivity index (χ4v) is 4.40. The Bertz CT molecular complexity index is 1460. The highest BCUT2D eigenvalue weighted by atomic mass is 19.1. The maximum absolute atomic E-state index is 13.8. The highest BCUT2D eigenvalue weighted by Crippen LogP contribution is 2.35. The average molecular weight is 502 g/mol. The molecule has 188 valence electrons. The van der Waals surface area contributed by atoms with Crippen molar-refractivity contribution in [3.63, 3.8) is 0 Å². The lowest BCUT2D eigenvalue weighted by Crippen LogP contribution is -2.64. The first kappa shape index (κ1) is 24.0. The molecule has 1 aliphatic heterocycles. The summed E-state index contributed by atoms with van der Waals surface area (Å²) in [6.45, 7) is 3.31. The van der Waals surface area contributed by atoms with Gasteiger partial charge in [0.2, 0.25) is 11.8 Å². The quantitative estimate of drug-likeness (QED) is 0.416. The number of amides is 3. The lowest BCUT2D eigenvalue weighted by Gasteiger charge is -2.43. The van der Waals surface area contributed by atoms with Crippen LogP contribution in [-0.4, -0.2) is 33.0 Å². The Morgan fingerprint density at radius 1 is 1.11 bits per heavy atom. The third-order valence-corrected chi connectivity index (χ3v) is 6.23. The number of nitrogens with one attached hydrogen (secondary N) is 2. The summed E-state index contributed by atoms with van der Waals surface area (Å²) in [7, 11) is 0. The van der Waals surface area contributed by atoms with Gasteiger partial charge in [-0.3, -0.25) is 24.0 Å². The van der Waals surface area contributed by atoms with E-state index in [0.29, 0.717) is 34.1 Å². The Balaban J connectivity index is 1.51. The molecule has 9 nitrogen and oxygen atoms in total. The van der Waals surface area contributed by atoms with Crippen LogP contribution in [0.15, 0.2) is 77.4 Å². The van der Waals surface area contributed by atoms with E-state index in [1.54, 1.807) is 61.5 Å². The van der Waals surface area contributed by atoms with Crippen LogP contribution in [-0.2, 0) is 22.7 Å². The molecule has 2 aromatic heterocycles. The molecular weight excluding hydrogens is 477 g/mol. The SMILES string of the molecule is CC(=O)Nc1ccc(N2C(=O)c3cc(-c4ccco4)nn3C[C@]2(C)C(=O)NCc2ccc(F)cc2)cc1. The molecule has 4 aromatic rings. The second kappa shape index (κ2) is 9.38. The Labute approximate surface area is 211 Å².